The number of benzene rings is 1. The molecule has 0 atom stereocenters. The standard InChI is InChI=1S/C11H13N5O3S/c12-10-5-6-16(15-10)7-11(17)14-8-1-3-9(4-2-8)20(13,18)19/h1-6H,7H2,(H2,12,15)(H,14,17)(H2,13,18,19). The van der Waals surface area contributed by atoms with Crippen LogP contribution in [0.25, 0.3) is 0 Å². The third-order valence-corrected chi connectivity index (χ3v) is 3.36. The number of aromatic nitrogens is 2. The molecule has 2 rings (SSSR count). The van der Waals surface area contributed by atoms with Gasteiger partial charge in [0.25, 0.3) is 0 Å². The molecule has 0 unspecified atom stereocenters. The Morgan fingerprint density at radius 3 is 2.40 bits per heavy atom. The highest BCUT2D eigenvalue weighted by Gasteiger charge is 2.08. The van der Waals surface area contributed by atoms with Gasteiger partial charge in [0.15, 0.2) is 0 Å². The van der Waals surface area contributed by atoms with E-state index in [-0.39, 0.29) is 17.3 Å². The average molecular weight is 295 g/mol. The van der Waals surface area contributed by atoms with E-state index in [1.807, 2.05) is 0 Å². The molecule has 0 aliphatic carbocycles. The number of amides is 1. The van der Waals surface area contributed by atoms with Crippen LogP contribution in [0.15, 0.2) is 41.4 Å². The van der Waals surface area contributed by atoms with Crippen molar-refractivity contribution in [2.75, 3.05) is 11.1 Å². The molecule has 0 saturated carbocycles. The van der Waals surface area contributed by atoms with Crippen LogP contribution in [0.4, 0.5) is 11.5 Å². The molecule has 1 heterocycles. The van der Waals surface area contributed by atoms with Crippen molar-refractivity contribution in [2.24, 2.45) is 5.14 Å². The number of nitrogens with two attached hydrogens (primary N) is 2. The highest BCUT2D eigenvalue weighted by molar-refractivity contribution is 7.89. The van der Waals surface area contributed by atoms with Gasteiger partial charge in [-0.1, -0.05) is 0 Å². The summed E-state index contributed by atoms with van der Waals surface area (Å²) >= 11 is 0. The summed E-state index contributed by atoms with van der Waals surface area (Å²) in [5.74, 6) is 0.0201. The molecule has 1 amide bonds. The number of nitrogen functional groups attached to an aromatic ring is 1. The normalized spacial score (nSPS) is 11.2. The fourth-order valence-electron chi connectivity index (χ4n) is 1.54. The van der Waals surface area contributed by atoms with Gasteiger partial charge in [-0.3, -0.25) is 9.48 Å². The van der Waals surface area contributed by atoms with Crippen molar-refractivity contribution in [3.05, 3.63) is 36.5 Å². The smallest absolute Gasteiger partial charge is 0.246 e. The van der Waals surface area contributed by atoms with Crippen LogP contribution >= 0.6 is 0 Å². The zero-order valence-electron chi connectivity index (χ0n) is 10.4. The van der Waals surface area contributed by atoms with Gasteiger partial charge in [0, 0.05) is 11.9 Å². The highest BCUT2D eigenvalue weighted by Crippen LogP contribution is 2.12. The van der Waals surface area contributed by atoms with Gasteiger partial charge >= 0.3 is 0 Å². The van der Waals surface area contributed by atoms with Gasteiger partial charge in [-0.15, -0.1) is 0 Å². The van der Waals surface area contributed by atoms with Gasteiger partial charge in [-0.2, -0.15) is 5.10 Å². The molecule has 0 aliphatic heterocycles. The molecular weight excluding hydrogens is 282 g/mol. The molecular formula is C11H13N5O3S. The Balaban J connectivity index is 2.01. The summed E-state index contributed by atoms with van der Waals surface area (Å²) < 4.78 is 23.5. The Bertz CT molecular complexity index is 721. The lowest BCUT2D eigenvalue weighted by molar-refractivity contribution is -0.116. The molecule has 0 fully saturated rings. The fraction of sp³-hybridized carbons (Fsp3) is 0.0909. The van der Waals surface area contributed by atoms with E-state index in [9.17, 15) is 13.2 Å². The van der Waals surface area contributed by atoms with Gasteiger partial charge in [-0.05, 0) is 30.3 Å². The van der Waals surface area contributed by atoms with Gasteiger partial charge in [0.05, 0.1) is 4.90 Å². The predicted octanol–water partition coefficient (Wildman–Crippen LogP) is -0.249. The van der Waals surface area contributed by atoms with E-state index in [2.05, 4.69) is 10.4 Å². The van der Waals surface area contributed by atoms with E-state index in [4.69, 9.17) is 10.9 Å². The molecule has 1 aromatic heterocycles. The first-order chi connectivity index (χ1) is 9.34. The third-order valence-electron chi connectivity index (χ3n) is 2.43. The number of rotatable bonds is 4. The van der Waals surface area contributed by atoms with Crippen LogP contribution in [0.1, 0.15) is 0 Å². The summed E-state index contributed by atoms with van der Waals surface area (Å²) in [6, 6.07) is 7.12. The molecule has 0 saturated heterocycles. The maximum absolute atomic E-state index is 11.7. The SMILES string of the molecule is Nc1ccn(CC(=O)Nc2ccc(S(N)(=O)=O)cc2)n1. The van der Waals surface area contributed by atoms with Crippen LogP contribution in [0.2, 0.25) is 0 Å². The van der Waals surface area contributed by atoms with Gasteiger partial charge in [0.1, 0.15) is 12.4 Å². The minimum atomic E-state index is -3.73. The van der Waals surface area contributed by atoms with E-state index in [0.717, 1.165) is 0 Å². The van der Waals surface area contributed by atoms with Crippen LogP contribution in [0, 0.1) is 0 Å². The number of nitrogens with one attached hydrogen (secondary N) is 1. The fourth-order valence-corrected chi connectivity index (χ4v) is 2.06. The molecule has 0 spiro atoms. The molecule has 0 aliphatic rings. The number of nitrogens with zero attached hydrogens (tertiary/aromatic N) is 2. The summed E-state index contributed by atoms with van der Waals surface area (Å²) in [4.78, 5) is 11.7. The minimum absolute atomic E-state index is 0.00807. The van der Waals surface area contributed by atoms with E-state index >= 15 is 0 Å². The Morgan fingerprint density at radius 1 is 1.25 bits per heavy atom. The zero-order chi connectivity index (χ0) is 14.8. The van der Waals surface area contributed by atoms with Crippen molar-refractivity contribution in [1.29, 1.82) is 0 Å². The zero-order valence-corrected chi connectivity index (χ0v) is 11.2. The molecule has 9 heteroatoms. The Morgan fingerprint density at radius 2 is 1.90 bits per heavy atom. The monoisotopic (exact) mass is 295 g/mol. The molecule has 1 aromatic carbocycles. The lowest BCUT2D eigenvalue weighted by atomic mass is 10.3. The van der Waals surface area contributed by atoms with Crippen LogP contribution in [0.3, 0.4) is 0 Å². The van der Waals surface area contributed by atoms with Crippen LogP contribution < -0.4 is 16.2 Å². The molecule has 5 N–H and O–H groups in total. The summed E-state index contributed by atoms with van der Waals surface area (Å²) in [5.41, 5.74) is 5.89. The quantitative estimate of drug-likeness (QED) is 0.715. The Labute approximate surface area is 115 Å². The van der Waals surface area contributed by atoms with Crippen molar-refractivity contribution in [3.63, 3.8) is 0 Å². The van der Waals surface area contributed by atoms with Gasteiger partial charge in [-0.25, -0.2) is 13.6 Å². The van der Waals surface area contributed by atoms with Crippen LogP contribution in [-0.4, -0.2) is 24.1 Å². The van der Waals surface area contributed by atoms with E-state index in [1.165, 1.54) is 28.9 Å². The van der Waals surface area contributed by atoms with Gasteiger partial charge < -0.3 is 11.1 Å². The molecule has 0 radical (unpaired) electrons. The Hall–Kier alpha value is -2.39. The Kier molecular flexibility index (Phi) is 3.72. The average Bonchev–Trinajstić information content (AvgIpc) is 2.74. The van der Waals surface area contributed by atoms with Crippen molar-refractivity contribution in [1.82, 2.24) is 9.78 Å². The van der Waals surface area contributed by atoms with Crippen LogP contribution in [0.5, 0.6) is 0 Å². The first-order valence-electron chi connectivity index (χ1n) is 5.56. The topological polar surface area (TPSA) is 133 Å². The van der Waals surface area contributed by atoms with Crippen molar-refractivity contribution in [2.45, 2.75) is 11.4 Å². The largest absolute Gasteiger partial charge is 0.382 e. The lowest BCUT2D eigenvalue weighted by Gasteiger charge is -2.06. The predicted molar refractivity (Wildman–Crippen MR) is 73.1 cm³/mol. The second-order valence-corrected chi connectivity index (χ2v) is 5.62. The maximum Gasteiger partial charge on any atom is 0.246 e. The van der Waals surface area contributed by atoms with Crippen molar-refractivity contribution in [3.8, 4) is 0 Å². The van der Waals surface area contributed by atoms with Crippen LogP contribution in [-0.2, 0) is 21.4 Å². The number of anilines is 2. The summed E-state index contributed by atoms with van der Waals surface area (Å²) in [7, 11) is -3.73. The number of hydrogen-bond acceptors (Lipinski definition) is 5. The number of carbonyl (C=O) groups is 1. The number of carbonyl (C=O) groups excluding carboxylic acids is 1. The molecule has 8 nitrogen and oxygen atoms in total. The second kappa shape index (κ2) is 5.31. The van der Waals surface area contributed by atoms with Crippen molar-refractivity contribution < 1.29 is 13.2 Å². The van der Waals surface area contributed by atoms with E-state index in [0.29, 0.717) is 11.5 Å². The summed E-state index contributed by atoms with van der Waals surface area (Å²) in [6.07, 6.45) is 1.58. The number of primary sulfonamides is 1. The molecule has 20 heavy (non-hydrogen) atoms. The molecule has 2 aromatic rings. The van der Waals surface area contributed by atoms with E-state index < -0.39 is 10.0 Å². The van der Waals surface area contributed by atoms with Crippen molar-refractivity contribution >= 4 is 27.4 Å². The second-order valence-electron chi connectivity index (χ2n) is 4.06. The number of hydrogen-bond donors (Lipinski definition) is 3. The van der Waals surface area contributed by atoms with E-state index in [1.54, 1.807) is 12.3 Å². The summed E-state index contributed by atoms with van der Waals surface area (Å²) in [5, 5.41) is 11.5. The number of sulfonamides is 1. The van der Waals surface area contributed by atoms with Gasteiger partial charge in [0.2, 0.25) is 15.9 Å². The summed E-state index contributed by atoms with van der Waals surface area (Å²) in [6.45, 7) is 0.00807. The molecule has 106 valence electrons. The first-order valence-corrected chi connectivity index (χ1v) is 7.11. The molecule has 0 bridgehead atoms. The maximum atomic E-state index is 11.7. The highest BCUT2D eigenvalue weighted by atomic mass is 32.2. The minimum Gasteiger partial charge on any atom is -0.382 e. The first kappa shape index (κ1) is 14.0. The third kappa shape index (κ3) is 3.56. The lowest BCUT2D eigenvalue weighted by Crippen LogP contribution is -2.19.